The molecule has 0 aliphatic carbocycles. The van der Waals surface area contributed by atoms with Crippen LogP contribution in [0, 0.1) is 13.8 Å². The number of ether oxygens (including phenoxy) is 1. The summed E-state index contributed by atoms with van der Waals surface area (Å²) in [5.41, 5.74) is 3.68. The molecule has 1 aliphatic rings. The van der Waals surface area contributed by atoms with Crippen molar-refractivity contribution in [1.82, 2.24) is 4.31 Å². The monoisotopic (exact) mass is 388 g/mol. The highest BCUT2D eigenvalue weighted by atomic mass is 32.2. The molecule has 0 saturated carbocycles. The van der Waals surface area contributed by atoms with Gasteiger partial charge in [-0.25, -0.2) is 8.42 Å². The first-order chi connectivity index (χ1) is 12.8. The molecular weight excluding hydrogens is 360 g/mol. The number of para-hydroxylation sites is 1. The summed E-state index contributed by atoms with van der Waals surface area (Å²) in [6, 6.07) is 13.0. The van der Waals surface area contributed by atoms with E-state index in [0.717, 1.165) is 0 Å². The molecule has 0 atom stereocenters. The average Bonchev–Trinajstić information content (AvgIpc) is 2.62. The van der Waals surface area contributed by atoms with Crippen molar-refractivity contribution in [1.29, 1.82) is 0 Å². The molecule has 3 rings (SSSR count). The van der Waals surface area contributed by atoms with Crippen LogP contribution in [0.1, 0.15) is 25.0 Å². The number of anilines is 1. The van der Waals surface area contributed by atoms with Crippen molar-refractivity contribution < 1.29 is 13.2 Å². The Morgan fingerprint density at radius 2 is 1.44 bits per heavy atom. The zero-order valence-corrected chi connectivity index (χ0v) is 17.3. The predicted molar refractivity (Wildman–Crippen MR) is 109 cm³/mol. The standard InChI is InChI=1S/C21H28N2O3S/c1-16(2)26-19-8-10-20(11-9-19)27(24,25)23-14-12-22(13-15-23)21-17(3)6-5-7-18(21)4/h5-11,16H,12-15H2,1-4H3. The Kier molecular flexibility index (Phi) is 5.77. The summed E-state index contributed by atoms with van der Waals surface area (Å²) in [4.78, 5) is 2.61. The summed E-state index contributed by atoms with van der Waals surface area (Å²) >= 11 is 0. The maximum atomic E-state index is 13.0. The van der Waals surface area contributed by atoms with Gasteiger partial charge in [0.25, 0.3) is 0 Å². The number of sulfonamides is 1. The quantitative estimate of drug-likeness (QED) is 0.785. The third-order valence-electron chi connectivity index (χ3n) is 4.83. The van der Waals surface area contributed by atoms with E-state index in [2.05, 4.69) is 36.9 Å². The van der Waals surface area contributed by atoms with Gasteiger partial charge in [-0.2, -0.15) is 4.31 Å². The van der Waals surface area contributed by atoms with Gasteiger partial charge in [0.1, 0.15) is 5.75 Å². The van der Waals surface area contributed by atoms with E-state index >= 15 is 0 Å². The van der Waals surface area contributed by atoms with E-state index in [4.69, 9.17) is 4.74 Å². The molecule has 0 amide bonds. The van der Waals surface area contributed by atoms with Crippen LogP contribution in [0.15, 0.2) is 47.4 Å². The van der Waals surface area contributed by atoms with Crippen LogP contribution in [0.3, 0.4) is 0 Å². The van der Waals surface area contributed by atoms with Gasteiger partial charge in [0.15, 0.2) is 0 Å². The molecule has 146 valence electrons. The number of aryl methyl sites for hydroxylation is 2. The molecule has 0 unspecified atom stereocenters. The first kappa shape index (κ1) is 19.7. The Hall–Kier alpha value is -2.05. The van der Waals surface area contributed by atoms with E-state index in [1.54, 1.807) is 28.6 Å². The first-order valence-electron chi connectivity index (χ1n) is 9.37. The summed E-state index contributed by atoms with van der Waals surface area (Å²) in [5, 5.41) is 0. The summed E-state index contributed by atoms with van der Waals surface area (Å²) in [6.07, 6.45) is 0.0606. The fourth-order valence-electron chi connectivity index (χ4n) is 3.57. The number of benzene rings is 2. The molecule has 0 radical (unpaired) electrons. The second kappa shape index (κ2) is 7.90. The molecule has 5 nitrogen and oxygen atoms in total. The summed E-state index contributed by atoms with van der Waals surface area (Å²) < 4.78 is 33.1. The minimum atomic E-state index is -3.48. The Morgan fingerprint density at radius 1 is 0.889 bits per heavy atom. The maximum Gasteiger partial charge on any atom is 0.243 e. The van der Waals surface area contributed by atoms with Gasteiger partial charge >= 0.3 is 0 Å². The van der Waals surface area contributed by atoms with E-state index in [1.807, 2.05) is 13.8 Å². The van der Waals surface area contributed by atoms with Crippen molar-refractivity contribution in [2.45, 2.75) is 38.7 Å². The molecule has 2 aromatic rings. The van der Waals surface area contributed by atoms with Crippen molar-refractivity contribution in [2.75, 3.05) is 31.1 Å². The number of nitrogens with zero attached hydrogens (tertiary/aromatic N) is 2. The molecular formula is C21H28N2O3S. The van der Waals surface area contributed by atoms with Crippen LogP contribution in [0.5, 0.6) is 5.75 Å². The Morgan fingerprint density at radius 3 is 1.96 bits per heavy atom. The highest BCUT2D eigenvalue weighted by molar-refractivity contribution is 7.89. The van der Waals surface area contributed by atoms with Crippen LogP contribution >= 0.6 is 0 Å². The van der Waals surface area contributed by atoms with E-state index in [9.17, 15) is 8.42 Å². The molecule has 0 aromatic heterocycles. The summed E-state index contributed by atoms with van der Waals surface area (Å²) in [5.74, 6) is 0.684. The molecule has 27 heavy (non-hydrogen) atoms. The van der Waals surface area contributed by atoms with Gasteiger partial charge in [-0.1, -0.05) is 18.2 Å². The highest BCUT2D eigenvalue weighted by Crippen LogP contribution is 2.27. The van der Waals surface area contributed by atoms with Gasteiger partial charge in [0, 0.05) is 31.9 Å². The zero-order chi connectivity index (χ0) is 19.6. The van der Waals surface area contributed by atoms with Crippen LogP contribution in [-0.2, 0) is 10.0 Å². The lowest BCUT2D eigenvalue weighted by Gasteiger charge is -2.36. The normalized spacial score (nSPS) is 16.0. The van der Waals surface area contributed by atoms with Crippen molar-refractivity contribution in [3.8, 4) is 5.75 Å². The molecule has 6 heteroatoms. The maximum absolute atomic E-state index is 13.0. The lowest BCUT2D eigenvalue weighted by atomic mass is 10.1. The molecule has 1 saturated heterocycles. The van der Waals surface area contributed by atoms with Crippen molar-refractivity contribution in [2.24, 2.45) is 0 Å². The molecule has 1 aliphatic heterocycles. The Balaban J connectivity index is 1.71. The van der Waals surface area contributed by atoms with E-state index in [1.165, 1.54) is 16.8 Å². The third-order valence-corrected chi connectivity index (χ3v) is 6.74. The largest absolute Gasteiger partial charge is 0.491 e. The first-order valence-corrected chi connectivity index (χ1v) is 10.8. The van der Waals surface area contributed by atoms with E-state index in [0.29, 0.717) is 36.8 Å². The topological polar surface area (TPSA) is 49.9 Å². The van der Waals surface area contributed by atoms with Gasteiger partial charge in [0.2, 0.25) is 10.0 Å². The Labute approximate surface area is 162 Å². The van der Waals surface area contributed by atoms with Gasteiger partial charge in [-0.3, -0.25) is 0 Å². The SMILES string of the molecule is Cc1cccc(C)c1N1CCN(S(=O)(=O)c2ccc(OC(C)C)cc2)CC1. The van der Waals surface area contributed by atoms with Gasteiger partial charge in [0.05, 0.1) is 11.0 Å². The van der Waals surface area contributed by atoms with Crippen LogP contribution in [0.2, 0.25) is 0 Å². The van der Waals surface area contributed by atoms with Gasteiger partial charge in [-0.05, 0) is 63.1 Å². The minimum absolute atomic E-state index is 0.0606. The molecule has 1 heterocycles. The zero-order valence-electron chi connectivity index (χ0n) is 16.5. The fraction of sp³-hybridized carbons (Fsp3) is 0.429. The van der Waals surface area contributed by atoms with Crippen molar-refractivity contribution >= 4 is 15.7 Å². The molecule has 1 fully saturated rings. The number of piperazine rings is 1. The summed E-state index contributed by atoms with van der Waals surface area (Å²) in [6.45, 7) is 10.5. The van der Waals surface area contributed by atoms with Gasteiger partial charge < -0.3 is 9.64 Å². The van der Waals surface area contributed by atoms with Gasteiger partial charge in [-0.15, -0.1) is 0 Å². The third kappa shape index (κ3) is 4.28. The molecule has 0 spiro atoms. The summed E-state index contributed by atoms with van der Waals surface area (Å²) in [7, 11) is -3.48. The second-order valence-corrected chi connectivity index (χ2v) is 9.21. The molecule has 0 bridgehead atoms. The highest BCUT2D eigenvalue weighted by Gasteiger charge is 2.29. The predicted octanol–water partition coefficient (Wildman–Crippen LogP) is 3.60. The lowest BCUT2D eigenvalue weighted by Crippen LogP contribution is -2.49. The number of hydrogen-bond donors (Lipinski definition) is 0. The fourth-order valence-corrected chi connectivity index (χ4v) is 4.99. The van der Waals surface area contributed by atoms with Crippen LogP contribution in [0.4, 0.5) is 5.69 Å². The van der Waals surface area contributed by atoms with Crippen molar-refractivity contribution in [3.63, 3.8) is 0 Å². The van der Waals surface area contributed by atoms with E-state index < -0.39 is 10.0 Å². The minimum Gasteiger partial charge on any atom is -0.491 e. The molecule has 2 aromatic carbocycles. The molecule has 0 N–H and O–H groups in total. The number of rotatable bonds is 5. The van der Waals surface area contributed by atoms with E-state index in [-0.39, 0.29) is 6.10 Å². The Bertz CT molecular complexity index is 864. The van der Waals surface area contributed by atoms with Crippen LogP contribution < -0.4 is 9.64 Å². The number of hydrogen-bond acceptors (Lipinski definition) is 4. The smallest absolute Gasteiger partial charge is 0.243 e. The van der Waals surface area contributed by atoms with Crippen LogP contribution in [-0.4, -0.2) is 45.0 Å². The van der Waals surface area contributed by atoms with Crippen molar-refractivity contribution in [3.05, 3.63) is 53.6 Å². The van der Waals surface area contributed by atoms with Crippen LogP contribution in [0.25, 0.3) is 0 Å². The lowest BCUT2D eigenvalue weighted by molar-refractivity contribution is 0.242. The average molecular weight is 389 g/mol. The second-order valence-electron chi connectivity index (χ2n) is 7.27.